The number of hydrogen-bond acceptors (Lipinski definition) is 3. The number of benzene rings is 2. The van der Waals surface area contributed by atoms with Crippen LogP contribution in [-0.2, 0) is 11.3 Å². The Hall–Kier alpha value is -2.00. The van der Waals surface area contributed by atoms with Gasteiger partial charge in [0.2, 0.25) is 0 Å². The zero-order chi connectivity index (χ0) is 15.4. The van der Waals surface area contributed by atoms with Gasteiger partial charge in [-0.15, -0.1) is 0 Å². The minimum Gasteiger partial charge on any atom is -0.465 e. The van der Waals surface area contributed by atoms with Crippen molar-refractivity contribution in [3.63, 3.8) is 0 Å². The standard InChI is InChI=1S/C17H18ClNO2/c1-11-4-5-12(2)13(8-11)10-19-14-6-7-16(18)15(9-14)17(20)21-3/h4-9,19H,10H2,1-3H3. The van der Waals surface area contributed by atoms with E-state index >= 15 is 0 Å². The molecule has 0 aliphatic rings. The number of hydrogen-bond donors (Lipinski definition) is 1. The highest BCUT2D eigenvalue weighted by Gasteiger charge is 2.11. The van der Waals surface area contributed by atoms with Crippen LogP contribution in [0, 0.1) is 13.8 Å². The molecule has 0 bridgehead atoms. The molecular weight excluding hydrogens is 286 g/mol. The largest absolute Gasteiger partial charge is 0.465 e. The third-order valence-electron chi connectivity index (χ3n) is 3.36. The monoisotopic (exact) mass is 303 g/mol. The molecule has 0 radical (unpaired) electrons. The fourth-order valence-electron chi connectivity index (χ4n) is 2.09. The SMILES string of the molecule is COC(=O)c1cc(NCc2cc(C)ccc2C)ccc1Cl. The lowest BCUT2D eigenvalue weighted by Gasteiger charge is -2.11. The first-order valence-corrected chi connectivity index (χ1v) is 7.07. The molecule has 0 atom stereocenters. The van der Waals surface area contributed by atoms with E-state index in [9.17, 15) is 4.79 Å². The zero-order valence-corrected chi connectivity index (χ0v) is 13.1. The average molecular weight is 304 g/mol. The van der Waals surface area contributed by atoms with Gasteiger partial charge in [-0.2, -0.15) is 0 Å². The smallest absolute Gasteiger partial charge is 0.339 e. The first-order chi connectivity index (χ1) is 10.0. The average Bonchev–Trinajstić information content (AvgIpc) is 2.48. The third-order valence-corrected chi connectivity index (χ3v) is 3.69. The molecule has 0 aliphatic carbocycles. The maximum Gasteiger partial charge on any atom is 0.339 e. The fourth-order valence-corrected chi connectivity index (χ4v) is 2.28. The maximum absolute atomic E-state index is 11.6. The molecule has 2 aromatic carbocycles. The van der Waals surface area contributed by atoms with Gasteiger partial charge in [0.25, 0.3) is 0 Å². The summed E-state index contributed by atoms with van der Waals surface area (Å²) in [4.78, 5) is 11.6. The highest BCUT2D eigenvalue weighted by Crippen LogP contribution is 2.22. The molecule has 0 unspecified atom stereocenters. The number of carbonyl (C=O) groups excluding carboxylic acids is 1. The highest BCUT2D eigenvalue weighted by molar-refractivity contribution is 6.33. The summed E-state index contributed by atoms with van der Waals surface area (Å²) < 4.78 is 4.72. The maximum atomic E-state index is 11.6. The van der Waals surface area contributed by atoms with Crippen LogP contribution in [0.3, 0.4) is 0 Å². The Balaban J connectivity index is 2.17. The number of nitrogens with one attached hydrogen (secondary N) is 1. The number of methoxy groups -OCH3 is 1. The molecule has 2 aromatic rings. The van der Waals surface area contributed by atoms with Crippen LogP contribution in [0.5, 0.6) is 0 Å². The van der Waals surface area contributed by atoms with Gasteiger partial charge in [-0.3, -0.25) is 0 Å². The molecule has 4 heteroatoms. The van der Waals surface area contributed by atoms with Crippen molar-refractivity contribution in [2.75, 3.05) is 12.4 Å². The van der Waals surface area contributed by atoms with Crippen LogP contribution in [0.2, 0.25) is 5.02 Å². The molecule has 110 valence electrons. The summed E-state index contributed by atoms with van der Waals surface area (Å²) in [7, 11) is 1.34. The number of esters is 1. The van der Waals surface area contributed by atoms with E-state index in [-0.39, 0.29) is 0 Å². The van der Waals surface area contributed by atoms with E-state index in [2.05, 4.69) is 37.4 Å². The van der Waals surface area contributed by atoms with Crippen molar-refractivity contribution in [3.8, 4) is 0 Å². The van der Waals surface area contributed by atoms with Gasteiger partial charge in [-0.05, 0) is 43.2 Å². The quantitative estimate of drug-likeness (QED) is 0.853. The molecule has 0 heterocycles. The van der Waals surface area contributed by atoms with Crippen LogP contribution >= 0.6 is 11.6 Å². The molecule has 1 N–H and O–H groups in total. The van der Waals surface area contributed by atoms with E-state index in [4.69, 9.17) is 16.3 Å². The minimum absolute atomic E-state index is 0.366. The molecule has 0 amide bonds. The van der Waals surface area contributed by atoms with Crippen LogP contribution in [0.1, 0.15) is 27.0 Å². The minimum atomic E-state index is -0.435. The van der Waals surface area contributed by atoms with E-state index in [0.717, 1.165) is 5.69 Å². The normalized spacial score (nSPS) is 10.3. The Morgan fingerprint density at radius 3 is 2.67 bits per heavy atom. The van der Waals surface area contributed by atoms with Gasteiger partial charge in [-0.1, -0.05) is 35.4 Å². The number of anilines is 1. The van der Waals surface area contributed by atoms with E-state index < -0.39 is 5.97 Å². The lowest BCUT2D eigenvalue weighted by Crippen LogP contribution is -2.05. The van der Waals surface area contributed by atoms with E-state index in [1.807, 2.05) is 6.07 Å². The number of carbonyl (C=O) groups is 1. The molecule has 0 spiro atoms. The predicted molar refractivity (Wildman–Crippen MR) is 86.0 cm³/mol. The lowest BCUT2D eigenvalue weighted by molar-refractivity contribution is 0.0601. The molecule has 21 heavy (non-hydrogen) atoms. The van der Waals surface area contributed by atoms with E-state index in [1.165, 1.54) is 23.8 Å². The molecule has 0 saturated heterocycles. The van der Waals surface area contributed by atoms with Crippen LogP contribution in [0.15, 0.2) is 36.4 Å². The third kappa shape index (κ3) is 3.76. The number of rotatable bonds is 4. The van der Waals surface area contributed by atoms with Gasteiger partial charge in [0.15, 0.2) is 0 Å². The van der Waals surface area contributed by atoms with Crippen molar-refractivity contribution in [2.45, 2.75) is 20.4 Å². The summed E-state index contributed by atoms with van der Waals surface area (Å²) in [5.41, 5.74) is 4.88. The Kier molecular flexibility index (Phi) is 4.86. The molecule has 0 saturated carbocycles. The topological polar surface area (TPSA) is 38.3 Å². The second-order valence-corrected chi connectivity index (χ2v) is 5.38. The summed E-state index contributed by atoms with van der Waals surface area (Å²) in [5, 5.41) is 3.70. The Morgan fingerprint density at radius 1 is 1.19 bits per heavy atom. The summed E-state index contributed by atoms with van der Waals surface area (Å²) >= 11 is 6.00. The van der Waals surface area contributed by atoms with Crippen molar-refractivity contribution in [3.05, 3.63) is 63.7 Å². The lowest BCUT2D eigenvalue weighted by atomic mass is 10.1. The number of halogens is 1. The second-order valence-electron chi connectivity index (χ2n) is 4.97. The summed E-state index contributed by atoms with van der Waals surface area (Å²) in [5.74, 6) is -0.435. The predicted octanol–water partition coefficient (Wildman–Crippen LogP) is 4.36. The van der Waals surface area contributed by atoms with Gasteiger partial charge >= 0.3 is 5.97 Å². The summed E-state index contributed by atoms with van der Waals surface area (Å²) in [6, 6.07) is 11.6. The summed E-state index contributed by atoms with van der Waals surface area (Å²) in [6.45, 7) is 4.84. The molecule has 0 aliphatic heterocycles. The number of ether oxygens (including phenoxy) is 1. The Bertz CT molecular complexity index is 668. The van der Waals surface area contributed by atoms with Gasteiger partial charge in [0.1, 0.15) is 0 Å². The van der Waals surface area contributed by atoms with Crippen molar-refractivity contribution >= 4 is 23.3 Å². The van der Waals surface area contributed by atoms with Crippen LogP contribution < -0.4 is 5.32 Å². The Morgan fingerprint density at radius 2 is 1.95 bits per heavy atom. The zero-order valence-electron chi connectivity index (χ0n) is 12.4. The van der Waals surface area contributed by atoms with Gasteiger partial charge in [0.05, 0.1) is 17.7 Å². The fraction of sp³-hybridized carbons (Fsp3) is 0.235. The first-order valence-electron chi connectivity index (χ1n) is 6.69. The van der Waals surface area contributed by atoms with Gasteiger partial charge in [-0.25, -0.2) is 4.79 Å². The first kappa shape index (κ1) is 15.4. The summed E-state index contributed by atoms with van der Waals surface area (Å²) in [6.07, 6.45) is 0. The van der Waals surface area contributed by atoms with E-state index in [1.54, 1.807) is 12.1 Å². The number of aryl methyl sites for hydroxylation is 2. The van der Waals surface area contributed by atoms with E-state index in [0.29, 0.717) is 17.1 Å². The highest BCUT2D eigenvalue weighted by atomic mass is 35.5. The van der Waals surface area contributed by atoms with Crippen LogP contribution in [0.4, 0.5) is 5.69 Å². The van der Waals surface area contributed by atoms with Crippen LogP contribution in [0.25, 0.3) is 0 Å². The second kappa shape index (κ2) is 6.64. The molecule has 2 rings (SSSR count). The Labute approximate surface area is 129 Å². The van der Waals surface area contributed by atoms with Gasteiger partial charge < -0.3 is 10.1 Å². The molecule has 3 nitrogen and oxygen atoms in total. The van der Waals surface area contributed by atoms with Crippen molar-refractivity contribution in [2.24, 2.45) is 0 Å². The van der Waals surface area contributed by atoms with Gasteiger partial charge in [0, 0.05) is 12.2 Å². The molecule has 0 aromatic heterocycles. The van der Waals surface area contributed by atoms with Crippen molar-refractivity contribution in [1.82, 2.24) is 0 Å². The van der Waals surface area contributed by atoms with Crippen molar-refractivity contribution in [1.29, 1.82) is 0 Å². The molecule has 0 fully saturated rings. The molecular formula is C17H18ClNO2. The van der Waals surface area contributed by atoms with Crippen LogP contribution in [-0.4, -0.2) is 13.1 Å². The van der Waals surface area contributed by atoms with Crippen molar-refractivity contribution < 1.29 is 9.53 Å².